The number of carbonyl (C=O) groups is 2. The van der Waals surface area contributed by atoms with E-state index in [1.807, 2.05) is 18.2 Å². The predicted molar refractivity (Wildman–Crippen MR) is 103 cm³/mol. The zero-order valence-electron chi connectivity index (χ0n) is 14.6. The topological polar surface area (TPSA) is 98.0 Å². The van der Waals surface area contributed by atoms with E-state index in [0.29, 0.717) is 17.1 Å². The lowest BCUT2D eigenvalue weighted by Gasteiger charge is -2.11. The summed E-state index contributed by atoms with van der Waals surface area (Å²) >= 11 is 3.27. The Morgan fingerprint density at radius 2 is 1.74 bits per heavy atom. The summed E-state index contributed by atoms with van der Waals surface area (Å²) in [5.41, 5.74) is 5.29. The average molecular weight is 430 g/mol. The Morgan fingerprint density at radius 3 is 2.37 bits per heavy atom. The standard InChI is InChI=1S/C18H16BrN5O3/c1-11-8-15(25)16(22-24(11)13-6-4-3-5-7-13)18(27)21-20-17(26)14-9-12(19)10-23(14)2/h3-10H,1-2H3,(H,20,26)(H,21,27). The van der Waals surface area contributed by atoms with Crippen LogP contribution in [0.15, 0.2) is 57.9 Å². The van der Waals surface area contributed by atoms with E-state index >= 15 is 0 Å². The van der Waals surface area contributed by atoms with Gasteiger partial charge in [-0.3, -0.25) is 25.2 Å². The van der Waals surface area contributed by atoms with Crippen molar-refractivity contribution in [3.63, 3.8) is 0 Å². The quantitative estimate of drug-likeness (QED) is 0.619. The zero-order chi connectivity index (χ0) is 19.6. The molecule has 0 saturated heterocycles. The minimum atomic E-state index is -0.800. The number of carbonyl (C=O) groups excluding carboxylic acids is 2. The van der Waals surface area contributed by atoms with Crippen molar-refractivity contribution in [3.8, 4) is 5.69 Å². The molecule has 0 aliphatic rings. The summed E-state index contributed by atoms with van der Waals surface area (Å²) in [4.78, 5) is 36.7. The summed E-state index contributed by atoms with van der Waals surface area (Å²) < 4.78 is 3.82. The van der Waals surface area contributed by atoms with E-state index in [1.54, 1.807) is 42.9 Å². The number of amides is 2. The van der Waals surface area contributed by atoms with Crippen molar-refractivity contribution in [2.24, 2.45) is 7.05 Å². The van der Waals surface area contributed by atoms with E-state index < -0.39 is 17.2 Å². The molecule has 0 bridgehead atoms. The Bertz CT molecular complexity index is 1070. The molecule has 0 saturated carbocycles. The van der Waals surface area contributed by atoms with Gasteiger partial charge in [-0.2, -0.15) is 5.10 Å². The number of hydrogen-bond acceptors (Lipinski definition) is 4. The summed E-state index contributed by atoms with van der Waals surface area (Å²) in [5.74, 6) is -1.32. The highest BCUT2D eigenvalue weighted by Gasteiger charge is 2.17. The number of halogens is 1. The second kappa shape index (κ2) is 7.58. The van der Waals surface area contributed by atoms with Crippen molar-refractivity contribution in [2.75, 3.05) is 0 Å². The molecule has 138 valence electrons. The van der Waals surface area contributed by atoms with Gasteiger partial charge < -0.3 is 4.57 Å². The highest BCUT2D eigenvalue weighted by Crippen LogP contribution is 2.13. The Morgan fingerprint density at radius 1 is 1.07 bits per heavy atom. The first kappa shape index (κ1) is 18.6. The van der Waals surface area contributed by atoms with Crippen molar-refractivity contribution in [1.82, 2.24) is 25.2 Å². The van der Waals surface area contributed by atoms with Gasteiger partial charge in [0, 0.05) is 29.5 Å². The van der Waals surface area contributed by atoms with Crippen LogP contribution < -0.4 is 16.3 Å². The third-order valence-electron chi connectivity index (χ3n) is 3.82. The lowest BCUT2D eigenvalue weighted by Crippen LogP contribution is -2.44. The molecule has 0 aliphatic heterocycles. The second-order valence-electron chi connectivity index (χ2n) is 5.81. The number of aromatic nitrogens is 3. The smallest absolute Gasteiger partial charge is 0.294 e. The minimum Gasteiger partial charge on any atom is -0.345 e. The molecule has 2 aromatic heterocycles. The third-order valence-corrected chi connectivity index (χ3v) is 4.25. The Kier molecular flexibility index (Phi) is 5.22. The summed E-state index contributed by atoms with van der Waals surface area (Å²) in [6.07, 6.45) is 1.71. The van der Waals surface area contributed by atoms with Crippen LogP contribution in [-0.2, 0) is 7.05 Å². The number of nitrogens with one attached hydrogen (secondary N) is 2. The Labute approximate surface area is 162 Å². The maximum absolute atomic E-state index is 12.4. The van der Waals surface area contributed by atoms with E-state index in [2.05, 4.69) is 31.9 Å². The molecule has 2 heterocycles. The van der Waals surface area contributed by atoms with Crippen LogP contribution >= 0.6 is 15.9 Å². The SMILES string of the molecule is Cc1cc(=O)c(C(=O)NNC(=O)c2cc(Br)cn2C)nn1-c1ccccc1. The van der Waals surface area contributed by atoms with Crippen LogP contribution in [0.4, 0.5) is 0 Å². The molecular weight excluding hydrogens is 414 g/mol. The van der Waals surface area contributed by atoms with E-state index in [9.17, 15) is 14.4 Å². The van der Waals surface area contributed by atoms with Crippen LogP contribution in [0, 0.1) is 6.92 Å². The van der Waals surface area contributed by atoms with Gasteiger partial charge in [-0.25, -0.2) is 4.68 Å². The fraction of sp³-hybridized carbons (Fsp3) is 0.111. The largest absolute Gasteiger partial charge is 0.345 e. The van der Waals surface area contributed by atoms with Crippen LogP contribution in [0.3, 0.4) is 0 Å². The molecule has 2 amide bonds. The van der Waals surface area contributed by atoms with Gasteiger partial charge >= 0.3 is 0 Å². The molecule has 0 spiro atoms. The monoisotopic (exact) mass is 429 g/mol. The van der Waals surface area contributed by atoms with Crippen LogP contribution in [0.2, 0.25) is 0 Å². The predicted octanol–water partition coefficient (Wildman–Crippen LogP) is 1.72. The van der Waals surface area contributed by atoms with Gasteiger partial charge in [0.1, 0.15) is 5.69 Å². The normalized spacial score (nSPS) is 10.5. The van der Waals surface area contributed by atoms with Crippen LogP contribution in [0.1, 0.15) is 26.7 Å². The van der Waals surface area contributed by atoms with E-state index in [1.165, 1.54) is 10.7 Å². The van der Waals surface area contributed by atoms with Gasteiger partial charge in [0.05, 0.1) is 5.69 Å². The summed E-state index contributed by atoms with van der Waals surface area (Å²) in [7, 11) is 1.70. The van der Waals surface area contributed by atoms with Gasteiger partial charge in [-0.15, -0.1) is 0 Å². The first-order valence-electron chi connectivity index (χ1n) is 7.96. The molecule has 1 aromatic carbocycles. The van der Waals surface area contributed by atoms with Gasteiger partial charge in [0.2, 0.25) is 5.43 Å². The van der Waals surface area contributed by atoms with Crippen molar-refractivity contribution in [1.29, 1.82) is 0 Å². The first-order chi connectivity index (χ1) is 12.9. The molecule has 0 unspecified atom stereocenters. The Balaban J connectivity index is 1.81. The summed E-state index contributed by atoms with van der Waals surface area (Å²) in [6.45, 7) is 1.72. The second-order valence-corrected chi connectivity index (χ2v) is 6.72. The number of benzene rings is 1. The number of hydrazine groups is 1. The summed E-state index contributed by atoms with van der Waals surface area (Å²) in [5, 5.41) is 4.14. The highest BCUT2D eigenvalue weighted by atomic mass is 79.9. The average Bonchev–Trinajstić information content (AvgIpc) is 2.98. The molecule has 27 heavy (non-hydrogen) atoms. The van der Waals surface area contributed by atoms with Crippen molar-refractivity contribution >= 4 is 27.7 Å². The highest BCUT2D eigenvalue weighted by molar-refractivity contribution is 9.10. The molecule has 3 aromatic rings. The van der Waals surface area contributed by atoms with Gasteiger partial charge in [0.15, 0.2) is 5.69 Å². The minimum absolute atomic E-state index is 0.321. The van der Waals surface area contributed by atoms with Crippen LogP contribution in [0.25, 0.3) is 5.69 Å². The van der Waals surface area contributed by atoms with E-state index in [0.717, 1.165) is 4.47 Å². The molecular formula is C18H16BrN5O3. The number of para-hydroxylation sites is 1. The number of rotatable bonds is 3. The lowest BCUT2D eigenvalue weighted by molar-refractivity contribution is 0.0837. The Hall–Kier alpha value is -3.20. The van der Waals surface area contributed by atoms with E-state index in [-0.39, 0.29) is 5.69 Å². The van der Waals surface area contributed by atoms with Crippen LogP contribution in [-0.4, -0.2) is 26.2 Å². The van der Waals surface area contributed by atoms with Gasteiger partial charge in [-0.05, 0) is 41.1 Å². The molecule has 0 atom stereocenters. The fourth-order valence-electron chi connectivity index (χ4n) is 2.52. The maximum Gasteiger partial charge on any atom is 0.294 e. The fourth-order valence-corrected chi connectivity index (χ4v) is 3.05. The molecule has 8 nitrogen and oxygen atoms in total. The first-order valence-corrected chi connectivity index (χ1v) is 8.75. The third kappa shape index (κ3) is 3.98. The number of nitrogens with zero attached hydrogens (tertiary/aromatic N) is 3. The molecule has 9 heteroatoms. The lowest BCUT2D eigenvalue weighted by atomic mass is 10.3. The molecule has 2 N–H and O–H groups in total. The van der Waals surface area contributed by atoms with Crippen LogP contribution in [0.5, 0.6) is 0 Å². The molecule has 3 rings (SSSR count). The molecule has 0 radical (unpaired) electrons. The number of hydrogen-bond donors (Lipinski definition) is 2. The number of aryl methyl sites for hydroxylation is 2. The maximum atomic E-state index is 12.4. The molecule has 0 fully saturated rings. The van der Waals surface area contributed by atoms with E-state index in [4.69, 9.17) is 0 Å². The molecule has 0 aliphatic carbocycles. The summed E-state index contributed by atoms with van der Waals surface area (Å²) in [6, 6.07) is 12.0. The van der Waals surface area contributed by atoms with Crippen molar-refractivity contribution in [2.45, 2.75) is 6.92 Å². The van der Waals surface area contributed by atoms with Gasteiger partial charge in [-0.1, -0.05) is 18.2 Å². The zero-order valence-corrected chi connectivity index (χ0v) is 16.1. The van der Waals surface area contributed by atoms with Crippen molar-refractivity contribution < 1.29 is 9.59 Å². The van der Waals surface area contributed by atoms with Crippen molar-refractivity contribution in [3.05, 3.63) is 80.4 Å². The van der Waals surface area contributed by atoms with Gasteiger partial charge in [0.25, 0.3) is 11.8 Å².